The third-order valence-corrected chi connectivity index (χ3v) is 3.32. The molecule has 2 amide bonds. The summed E-state index contributed by atoms with van der Waals surface area (Å²) in [6.07, 6.45) is 1.38. The lowest BCUT2D eigenvalue weighted by molar-refractivity contribution is -0.144. The summed E-state index contributed by atoms with van der Waals surface area (Å²) in [5, 5.41) is 18.3. The van der Waals surface area contributed by atoms with E-state index in [1.165, 1.54) is 13.1 Å². The van der Waals surface area contributed by atoms with Gasteiger partial charge in [-0.25, -0.2) is 9.59 Å². The number of anilines is 1. The standard InChI is InChI=1S/C12H12N4O3S/c1-12(10(17)18,8-5-3-2-4-6-8)15-11(19)14-9-7-13-16-20-9/h2-7H,1H3,(H,17,18)(H2,14,15,19). The van der Waals surface area contributed by atoms with Crippen LogP contribution >= 0.6 is 11.5 Å². The summed E-state index contributed by atoms with van der Waals surface area (Å²) in [6.45, 7) is 1.43. The number of carbonyl (C=O) groups is 2. The van der Waals surface area contributed by atoms with E-state index in [1.807, 2.05) is 0 Å². The van der Waals surface area contributed by atoms with Gasteiger partial charge < -0.3 is 10.4 Å². The normalized spacial score (nSPS) is 13.2. The highest BCUT2D eigenvalue weighted by atomic mass is 32.1. The lowest BCUT2D eigenvalue weighted by Crippen LogP contribution is -2.51. The summed E-state index contributed by atoms with van der Waals surface area (Å²) in [5.41, 5.74) is -1.05. The Morgan fingerprint density at radius 2 is 2.00 bits per heavy atom. The van der Waals surface area contributed by atoms with E-state index in [0.29, 0.717) is 10.6 Å². The zero-order valence-corrected chi connectivity index (χ0v) is 11.3. The predicted molar refractivity (Wildman–Crippen MR) is 73.5 cm³/mol. The van der Waals surface area contributed by atoms with Crippen LogP contribution in [0.25, 0.3) is 0 Å². The SMILES string of the molecule is CC(NC(=O)Nc1cnns1)(C(=O)O)c1ccccc1. The van der Waals surface area contributed by atoms with Gasteiger partial charge in [0.2, 0.25) is 0 Å². The molecule has 20 heavy (non-hydrogen) atoms. The maximum atomic E-state index is 11.9. The van der Waals surface area contributed by atoms with Crippen LogP contribution in [0.1, 0.15) is 12.5 Å². The Morgan fingerprint density at radius 1 is 1.30 bits per heavy atom. The molecule has 1 unspecified atom stereocenters. The molecule has 0 spiro atoms. The lowest BCUT2D eigenvalue weighted by atomic mass is 9.92. The smallest absolute Gasteiger partial charge is 0.333 e. The van der Waals surface area contributed by atoms with Crippen molar-refractivity contribution in [1.82, 2.24) is 14.9 Å². The summed E-state index contributed by atoms with van der Waals surface area (Å²) < 4.78 is 3.60. The van der Waals surface area contributed by atoms with Gasteiger partial charge in [-0.1, -0.05) is 34.8 Å². The van der Waals surface area contributed by atoms with Crippen molar-refractivity contribution >= 4 is 28.5 Å². The van der Waals surface area contributed by atoms with Crippen molar-refractivity contribution in [2.45, 2.75) is 12.5 Å². The molecule has 1 aromatic carbocycles. The third-order valence-electron chi connectivity index (χ3n) is 2.74. The average Bonchev–Trinajstić information content (AvgIpc) is 2.92. The number of rotatable bonds is 4. The van der Waals surface area contributed by atoms with Crippen LogP contribution in [-0.2, 0) is 10.3 Å². The topological polar surface area (TPSA) is 104 Å². The van der Waals surface area contributed by atoms with Crippen molar-refractivity contribution in [3.8, 4) is 0 Å². The quantitative estimate of drug-likeness (QED) is 0.795. The van der Waals surface area contributed by atoms with E-state index in [9.17, 15) is 14.7 Å². The van der Waals surface area contributed by atoms with Crippen LogP contribution < -0.4 is 10.6 Å². The maximum Gasteiger partial charge on any atom is 0.333 e. The molecule has 0 radical (unpaired) electrons. The molecule has 7 nitrogen and oxygen atoms in total. The zero-order valence-electron chi connectivity index (χ0n) is 10.5. The second-order valence-corrected chi connectivity index (χ2v) is 4.94. The molecule has 0 aliphatic heterocycles. The van der Waals surface area contributed by atoms with Crippen molar-refractivity contribution in [3.63, 3.8) is 0 Å². The van der Waals surface area contributed by atoms with Crippen LogP contribution in [0, 0.1) is 0 Å². The van der Waals surface area contributed by atoms with Gasteiger partial charge in [-0.15, -0.1) is 5.10 Å². The first-order valence-corrected chi connectivity index (χ1v) is 6.45. The number of amides is 2. The Bertz CT molecular complexity index is 602. The fraction of sp³-hybridized carbons (Fsp3) is 0.167. The van der Waals surface area contributed by atoms with E-state index in [1.54, 1.807) is 30.3 Å². The lowest BCUT2D eigenvalue weighted by Gasteiger charge is -2.26. The molecular weight excluding hydrogens is 280 g/mol. The molecule has 1 atom stereocenters. The number of hydrogen-bond acceptors (Lipinski definition) is 5. The van der Waals surface area contributed by atoms with Gasteiger partial charge in [0.05, 0.1) is 6.20 Å². The second kappa shape index (κ2) is 5.66. The summed E-state index contributed by atoms with van der Waals surface area (Å²) in [7, 11) is 0. The van der Waals surface area contributed by atoms with Crippen LogP contribution in [-0.4, -0.2) is 26.7 Å². The van der Waals surface area contributed by atoms with Crippen LogP contribution in [0.15, 0.2) is 36.5 Å². The molecule has 8 heteroatoms. The van der Waals surface area contributed by atoms with E-state index in [0.717, 1.165) is 11.5 Å². The Hall–Kier alpha value is -2.48. The van der Waals surface area contributed by atoms with Crippen molar-refractivity contribution in [2.24, 2.45) is 0 Å². The van der Waals surface area contributed by atoms with Crippen molar-refractivity contribution in [3.05, 3.63) is 42.1 Å². The molecule has 0 fully saturated rings. The van der Waals surface area contributed by atoms with Crippen molar-refractivity contribution in [2.75, 3.05) is 5.32 Å². The molecule has 2 aromatic rings. The van der Waals surface area contributed by atoms with Gasteiger partial charge in [-0.05, 0) is 12.5 Å². The van der Waals surface area contributed by atoms with E-state index in [2.05, 4.69) is 20.2 Å². The highest BCUT2D eigenvalue weighted by Gasteiger charge is 2.36. The molecule has 0 bridgehead atoms. The van der Waals surface area contributed by atoms with Crippen LogP contribution in [0.2, 0.25) is 0 Å². The fourth-order valence-corrected chi connectivity index (χ4v) is 2.03. The molecule has 0 aliphatic rings. The van der Waals surface area contributed by atoms with Gasteiger partial charge in [0.15, 0.2) is 5.54 Å². The molecule has 1 heterocycles. The summed E-state index contributed by atoms with van der Waals surface area (Å²) in [4.78, 5) is 23.4. The molecule has 0 saturated carbocycles. The molecule has 104 valence electrons. The van der Waals surface area contributed by atoms with Gasteiger partial charge in [0, 0.05) is 11.5 Å². The molecule has 0 aliphatic carbocycles. The molecule has 3 N–H and O–H groups in total. The Kier molecular flexibility index (Phi) is 3.94. The highest BCUT2D eigenvalue weighted by Crippen LogP contribution is 2.21. The van der Waals surface area contributed by atoms with Crippen molar-refractivity contribution in [1.29, 1.82) is 0 Å². The van der Waals surface area contributed by atoms with Gasteiger partial charge in [-0.3, -0.25) is 5.32 Å². The number of aliphatic carboxylic acids is 1. The number of urea groups is 1. The van der Waals surface area contributed by atoms with E-state index >= 15 is 0 Å². The van der Waals surface area contributed by atoms with E-state index in [4.69, 9.17) is 0 Å². The third kappa shape index (κ3) is 2.91. The minimum absolute atomic E-state index is 0.434. The Morgan fingerprint density at radius 3 is 2.55 bits per heavy atom. The monoisotopic (exact) mass is 292 g/mol. The number of carboxylic acid groups (broad SMARTS) is 1. The minimum atomic E-state index is -1.52. The highest BCUT2D eigenvalue weighted by molar-refractivity contribution is 7.10. The summed E-state index contributed by atoms with van der Waals surface area (Å²) in [5.74, 6) is -1.15. The molecule has 2 rings (SSSR count). The first kappa shape index (κ1) is 13.9. The van der Waals surface area contributed by atoms with Crippen LogP contribution in [0.5, 0.6) is 0 Å². The maximum absolute atomic E-state index is 11.9. The van der Waals surface area contributed by atoms with Gasteiger partial charge in [-0.2, -0.15) is 0 Å². The minimum Gasteiger partial charge on any atom is -0.479 e. The van der Waals surface area contributed by atoms with E-state index < -0.39 is 17.5 Å². The number of nitrogens with zero attached hydrogens (tertiary/aromatic N) is 2. The predicted octanol–water partition coefficient (Wildman–Crippen LogP) is 1.66. The number of benzene rings is 1. The average molecular weight is 292 g/mol. The molecular formula is C12H12N4O3S. The van der Waals surface area contributed by atoms with Gasteiger partial charge >= 0.3 is 12.0 Å². The molecule has 0 saturated heterocycles. The van der Waals surface area contributed by atoms with Gasteiger partial charge in [0.25, 0.3) is 0 Å². The summed E-state index contributed by atoms with van der Waals surface area (Å²) >= 11 is 1.00. The first-order valence-electron chi connectivity index (χ1n) is 5.68. The second-order valence-electron chi connectivity index (χ2n) is 4.16. The Labute approximate surface area is 118 Å². The first-order chi connectivity index (χ1) is 9.52. The zero-order chi connectivity index (χ0) is 14.6. The number of carboxylic acids is 1. The largest absolute Gasteiger partial charge is 0.479 e. The van der Waals surface area contributed by atoms with Crippen LogP contribution in [0.3, 0.4) is 0 Å². The molecule has 1 aromatic heterocycles. The number of carbonyl (C=O) groups excluding carboxylic acids is 1. The number of hydrogen-bond donors (Lipinski definition) is 3. The van der Waals surface area contributed by atoms with Gasteiger partial charge in [0.1, 0.15) is 5.00 Å². The summed E-state index contributed by atoms with van der Waals surface area (Å²) in [6, 6.07) is 7.84. The Balaban J connectivity index is 2.18. The fourth-order valence-electron chi connectivity index (χ4n) is 1.61. The van der Waals surface area contributed by atoms with Crippen LogP contribution in [0.4, 0.5) is 9.80 Å². The number of nitrogens with one attached hydrogen (secondary N) is 2. The van der Waals surface area contributed by atoms with E-state index in [-0.39, 0.29) is 0 Å². The van der Waals surface area contributed by atoms with Crippen molar-refractivity contribution < 1.29 is 14.7 Å². The number of aromatic nitrogens is 2.